The standard InChI is InChI=1S/C26H28FN3.C7H7NO/c1-21(26-9-5-6-16-28-26)19-30(24-12-10-23(27)11-13-24)25-14-17-29(18-15-25)20-22-7-3-2-4-8-22;1-6(9)7-4-2-3-5-8-7/h2-13,16,19,25H,14-15,17-18,20H2,1H3;2-5H,1H3/b21-19-;. The van der Waals surface area contributed by atoms with Crippen LogP contribution in [0.15, 0.2) is 110 Å². The van der Waals surface area contributed by atoms with Gasteiger partial charge in [-0.3, -0.25) is 19.7 Å². The lowest BCUT2D eigenvalue weighted by molar-refractivity contribution is 0.101. The molecule has 1 aliphatic rings. The van der Waals surface area contributed by atoms with Crippen LogP contribution in [0.5, 0.6) is 0 Å². The number of ketones is 1. The monoisotopic (exact) mass is 522 g/mol. The molecule has 200 valence electrons. The molecule has 4 aromatic rings. The zero-order chi connectivity index (χ0) is 27.5. The highest BCUT2D eigenvalue weighted by molar-refractivity contribution is 5.91. The first-order valence-electron chi connectivity index (χ1n) is 13.3. The molecule has 1 aliphatic heterocycles. The molecule has 6 heteroatoms. The van der Waals surface area contributed by atoms with Crippen molar-refractivity contribution in [1.82, 2.24) is 14.9 Å². The van der Waals surface area contributed by atoms with Crippen LogP contribution in [0.4, 0.5) is 10.1 Å². The number of Topliss-reactive ketones (excluding diaryl/α,β-unsaturated/α-hetero) is 1. The Bertz CT molecular complexity index is 1320. The van der Waals surface area contributed by atoms with Crippen molar-refractivity contribution in [1.29, 1.82) is 0 Å². The molecule has 0 radical (unpaired) electrons. The largest absolute Gasteiger partial charge is 0.344 e. The molecule has 0 atom stereocenters. The Labute approximate surface area is 230 Å². The molecule has 39 heavy (non-hydrogen) atoms. The molecule has 0 spiro atoms. The van der Waals surface area contributed by atoms with Gasteiger partial charge in [-0.05, 0) is 79.4 Å². The number of rotatable bonds is 7. The Morgan fingerprint density at radius 2 is 1.44 bits per heavy atom. The SMILES string of the molecule is C/C(=C/N(c1ccc(F)cc1)C1CCN(Cc2ccccc2)CC1)c1ccccn1.CC(=O)c1ccccn1. The highest BCUT2D eigenvalue weighted by atomic mass is 19.1. The maximum absolute atomic E-state index is 13.5. The molecule has 1 saturated heterocycles. The topological polar surface area (TPSA) is 49.3 Å². The minimum atomic E-state index is -0.207. The van der Waals surface area contributed by atoms with Crippen LogP contribution in [0.3, 0.4) is 0 Å². The number of carbonyl (C=O) groups excluding carboxylic acids is 1. The van der Waals surface area contributed by atoms with Crippen LogP contribution >= 0.6 is 0 Å². The number of nitrogens with zero attached hydrogens (tertiary/aromatic N) is 4. The van der Waals surface area contributed by atoms with E-state index < -0.39 is 0 Å². The van der Waals surface area contributed by atoms with Gasteiger partial charge in [-0.25, -0.2) is 4.39 Å². The molecule has 0 N–H and O–H groups in total. The fraction of sp³-hybridized carbons (Fsp3) is 0.242. The van der Waals surface area contributed by atoms with Crippen molar-refractivity contribution in [2.75, 3.05) is 18.0 Å². The maximum Gasteiger partial charge on any atom is 0.178 e. The van der Waals surface area contributed by atoms with E-state index in [-0.39, 0.29) is 11.6 Å². The second kappa shape index (κ2) is 14.1. The zero-order valence-electron chi connectivity index (χ0n) is 22.6. The van der Waals surface area contributed by atoms with Crippen molar-refractivity contribution in [3.05, 3.63) is 132 Å². The molecule has 0 bridgehead atoms. The fourth-order valence-corrected chi connectivity index (χ4v) is 4.64. The molecule has 0 unspecified atom stereocenters. The van der Waals surface area contributed by atoms with E-state index >= 15 is 0 Å². The van der Waals surface area contributed by atoms with Gasteiger partial charge in [0.1, 0.15) is 11.5 Å². The zero-order valence-corrected chi connectivity index (χ0v) is 22.6. The molecule has 0 amide bonds. The fourth-order valence-electron chi connectivity index (χ4n) is 4.64. The van der Waals surface area contributed by atoms with E-state index in [1.807, 2.05) is 36.5 Å². The summed E-state index contributed by atoms with van der Waals surface area (Å²) in [6.45, 7) is 6.68. The average molecular weight is 523 g/mol. The summed E-state index contributed by atoms with van der Waals surface area (Å²) in [4.78, 5) is 23.7. The van der Waals surface area contributed by atoms with Crippen LogP contribution in [-0.4, -0.2) is 39.8 Å². The van der Waals surface area contributed by atoms with Crippen molar-refractivity contribution in [3.8, 4) is 0 Å². The van der Waals surface area contributed by atoms with E-state index in [2.05, 4.69) is 63.2 Å². The number of pyridine rings is 2. The van der Waals surface area contributed by atoms with Gasteiger partial charge in [-0.15, -0.1) is 0 Å². The predicted octanol–water partition coefficient (Wildman–Crippen LogP) is 7.04. The van der Waals surface area contributed by atoms with Crippen LogP contribution in [0.25, 0.3) is 5.57 Å². The van der Waals surface area contributed by atoms with E-state index in [4.69, 9.17) is 0 Å². The van der Waals surface area contributed by atoms with E-state index in [1.54, 1.807) is 24.4 Å². The third-order valence-corrected chi connectivity index (χ3v) is 6.75. The number of allylic oxidation sites excluding steroid dienone is 1. The van der Waals surface area contributed by atoms with Crippen LogP contribution in [0, 0.1) is 5.82 Å². The number of hydrogen-bond acceptors (Lipinski definition) is 5. The van der Waals surface area contributed by atoms with Gasteiger partial charge in [-0.1, -0.05) is 42.5 Å². The van der Waals surface area contributed by atoms with Gasteiger partial charge >= 0.3 is 0 Å². The molecular formula is C33H35FN4O. The lowest BCUT2D eigenvalue weighted by Crippen LogP contribution is -2.42. The summed E-state index contributed by atoms with van der Waals surface area (Å²) in [5.74, 6) is -0.197. The molecule has 5 nitrogen and oxygen atoms in total. The Kier molecular flexibility index (Phi) is 10.1. The molecular weight excluding hydrogens is 487 g/mol. The number of carbonyl (C=O) groups is 1. The van der Waals surface area contributed by atoms with Crippen molar-refractivity contribution in [2.24, 2.45) is 0 Å². The number of hydrogen-bond donors (Lipinski definition) is 0. The quantitative estimate of drug-likeness (QED) is 0.244. The van der Waals surface area contributed by atoms with Gasteiger partial charge in [0.25, 0.3) is 0 Å². The predicted molar refractivity (Wildman–Crippen MR) is 156 cm³/mol. The van der Waals surface area contributed by atoms with Crippen molar-refractivity contribution >= 4 is 17.0 Å². The third-order valence-electron chi connectivity index (χ3n) is 6.75. The molecule has 1 fully saturated rings. The minimum absolute atomic E-state index is 0.00981. The van der Waals surface area contributed by atoms with Crippen molar-refractivity contribution in [2.45, 2.75) is 39.3 Å². The lowest BCUT2D eigenvalue weighted by Gasteiger charge is -2.38. The van der Waals surface area contributed by atoms with E-state index in [0.717, 1.165) is 49.4 Å². The molecule has 3 heterocycles. The van der Waals surface area contributed by atoms with Gasteiger partial charge in [0, 0.05) is 56.9 Å². The van der Waals surface area contributed by atoms with Crippen LogP contribution in [0.2, 0.25) is 0 Å². The third kappa shape index (κ3) is 8.42. The molecule has 0 saturated carbocycles. The Morgan fingerprint density at radius 1 is 0.846 bits per heavy atom. The summed E-state index contributed by atoms with van der Waals surface area (Å²) in [6, 6.07) is 29.1. The number of aromatic nitrogens is 2. The lowest BCUT2D eigenvalue weighted by atomic mass is 10.0. The van der Waals surface area contributed by atoms with Gasteiger partial charge in [0.15, 0.2) is 5.78 Å². The average Bonchev–Trinajstić information content (AvgIpc) is 2.99. The molecule has 5 rings (SSSR count). The first-order valence-corrected chi connectivity index (χ1v) is 13.3. The second-order valence-corrected chi connectivity index (χ2v) is 9.67. The summed E-state index contributed by atoms with van der Waals surface area (Å²) in [6.07, 6.45) is 7.73. The summed E-state index contributed by atoms with van der Waals surface area (Å²) in [7, 11) is 0. The van der Waals surface area contributed by atoms with Gasteiger partial charge in [-0.2, -0.15) is 0 Å². The molecule has 0 aliphatic carbocycles. The van der Waals surface area contributed by atoms with Gasteiger partial charge in [0.05, 0.1) is 5.69 Å². The molecule has 2 aromatic carbocycles. The van der Waals surface area contributed by atoms with E-state index in [1.165, 1.54) is 24.6 Å². The number of halogens is 1. The number of likely N-dealkylation sites (tertiary alicyclic amines) is 1. The summed E-state index contributed by atoms with van der Waals surface area (Å²) < 4.78 is 13.5. The van der Waals surface area contributed by atoms with E-state index in [9.17, 15) is 9.18 Å². The Balaban J connectivity index is 0.000000333. The van der Waals surface area contributed by atoms with Gasteiger partial charge < -0.3 is 4.90 Å². The Morgan fingerprint density at radius 3 is 1.97 bits per heavy atom. The summed E-state index contributed by atoms with van der Waals surface area (Å²) in [5, 5.41) is 0. The summed E-state index contributed by atoms with van der Waals surface area (Å²) >= 11 is 0. The second-order valence-electron chi connectivity index (χ2n) is 9.67. The normalized spacial score (nSPS) is 14.3. The maximum atomic E-state index is 13.5. The number of piperidine rings is 1. The first-order chi connectivity index (χ1) is 19.0. The highest BCUT2D eigenvalue weighted by Gasteiger charge is 2.24. The summed E-state index contributed by atoms with van der Waals surface area (Å²) in [5.41, 5.74) is 4.97. The van der Waals surface area contributed by atoms with Crippen molar-refractivity contribution < 1.29 is 9.18 Å². The van der Waals surface area contributed by atoms with Crippen LogP contribution in [0.1, 0.15) is 48.4 Å². The number of anilines is 1. The highest BCUT2D eigenvalue weighted by Crippen LogP contribution is 2.27. The van der Waals surface area contributed by atoms with Crippen LogP contribution in [-0.2, 0) is 6.54 Å². The van der Waals surface area contributed by atoms with Crippen molar-refractivity contribution in [3.63, 3.8) is 0 Å². The Hall–Kier alpha value is -4.16. The first kappa shape index (κ1) is 27.9. The smallest absolute Gasteiger partial charge is 0.178 e. The number of benzene rings is 2. The van der Waals surface area contributed by atoms with E-state index in [0.29, 0.717) is 11.7 Å². The van der Waals surface area contributed by atoms with Gasteiger partial charge in [0.2, 0.25) is 0 Å². The van der Waals surface area contributed by atoms with Crippen LogP contribution < -0.4 is 4.90 Å². The minimum Gasteiger partial charge on any atom is -0.344 e. The molecule has 2 aromatic heterocycles.